The fraction of sp³-hybridized carbons (Fsp3) is 0.533. The molecule has 1 fully saturated rings. The highest BCUT2D eigenvalue weighted by atomic mass is 32.2. The molecule has 23 heavy (non-hydrogen) atoms. The van der Waals surface area contributed by atoms with Crippen molar-refractivity contribution in [3.63, 3.8) is 0 Å². The molecule has 1 aliphatic heterocycles. The first-order chi connectivity index (χ1) is 10.9. The molecule has 0 aliphatic carbocycles. The molecule has 8 heteroatoms. The Hall–Kier alpha value is -1.80. The molecule has 2 atom stereocenters. The summed E-state index contributed by atoms with van der Waals surface area (Å²) < 4.78 is 27.9. The average Bonchev–Trinajstić information content (AvgIpc) is 2.89. The zero-order valence-corrected chi connectivity index (χ0v) is 13.8. The molecule has 2 amide bonds. The van der Waals surface area contributed by atoms with E-state index in [1.54, 1.807) is 24.3 Å². The van der Waals surface area contributed by atoms with E-state index in [0.717, 1.165) is 0 Å². The lowest BCUT2D eigenvalue weighted by Gasteiger charge is -2.16. The van der Waals surface area contributed by atoms with Crippen LogP contribution in [-0.4, -0.2) is 51.3 Å². The molecule has 1 aromatic rings. The third-order valence-corrected chi connectivity index (χ3v) is 5.67. The molecule has 128 valence electrons. The summed E-state index contributed by atoms with van der Waals surface area (Å²) in [5, 5.41) is 15.3. The molecule has 2 unspecified atom stereocenters. The smallest absolute Gasteiger partial charge is 0.314 e. The third-order valence-electron chi connectivity index (χ3n) is 3.83. The average molecular weight is 342 g/mol. The number of hydrogen-bond acceptors (Lipinski definition) is 5. The van der Waals surface area contributed by atoms with E-state index in [4.69, 9.17) is 4.74 Å². The van der Waals surface area contributed by atoms with Crippen LogP contribution in [0.2, 0.25) is 0 Å². The first kappa shape index (κ1) is 17.6. The molecule has 1 saturated heterocycles. The van der Waals surface area contributed by atoms with Crippen LogP contribution in [0.3, 0.4) is 0 Å². The fourth-order valence-corrected chi connectivity index (χ4v) is 4.44. The normalized spacial score (nSPS) is 20.7. The Kier molecular flexibility index (Phi) is 5.84. The number of aliphatic hydroxyl groups excluding tert-OH is 1. The van der Waals surface area contributed by atoms with Gasteiger partial charge in [-0.3, -0.25) is 0 Å². The number of urea groups is 1. The van der Waals surface area contributed by atoms with Crippen LogP contribution in [0.5, 0.6) is 5.75 Å². The summed E-state index contributed by atoms with van der Waals surface area (Å²) >= 11 is 0. The number of ether oxygens (including phenoxy) is 1. The van der Waals surface area contributed by atoms with E-state index in [1.807, 2.05) is 0 Å². The Morgan fingerprint density at radius 3 is 2.78 bits per heavy atom. The van der Waals surface area contributed by atoms with Crippen LogP contribution in [0, 0.1) is 5.92 Å². The second-order valence-corrected chi connectivity index (χ2v) is 7.85. The van der Waals surface area contributed by atoms with Crippen molar-refractivity contribution in [3.05, 3.63) is 29.8 Å². The molecule has 1 aliphatic rings. The zero-order valence-electron chi connectivity index (χ0n) is 13.0. The van der Waals surface area contributed by atoms with Crippen LogP contribution >= 0.6 is 0 Å². The molecule has 3 N–H and O–H groups in total. The van der Waals surface area contributed by atoms with Crippen molar-refractivity contribution in [1.82, 2.24) is 10.6 Å². The molecule has 2 rings (SSSR count). The quantitative estimate of drug-likeness (QED) is 0.697. The molecule has 0 saturated carbocycles. The molecule has 1 heterocycles. The monoisotopic (exact) mass is 342 g/mol. The maximum Gasteiger partial charge on any atom is 0.314 e. The molecular weight excluding hydrogens is 320 g/mol. The Bertz CT molecular complexity index is 647. The first-order valence-electron chi connectivity index (χ1n) is 7.44. The lowest BCUT2D eigenvalue weighted by Crippen LogP contribution is -2.40. The highest BCUT2D eigenvalue weighted by Gasteiger charge is 2.27. The van der Waals surface area contributed by atoms with Crippen LogP contribution in [0.1, 0.15) is 18.1 Å². The Morgan fingerprint density at radius 2 is 2.13 bits per heavy atom. The number of methoxy groups -OCH3 is 1. The summed E-state index contributed by atoms with van der Waals surface area (Å²) in [4.78, 5) is 11.7. The minimum Gasteiger partial charge on any atom is -0.496 e. The molecule has 0 aromatic heterocycles. The van der Waals surface area contributed by atoms with Gasteiger partial charge in [0.05, 0.1) is 24.7 Å². The highest BCUT2D eigenvalue weighted by molar-refractivity contribution is 7.91. The second kappa shape index (κ2) is 7.65. The third kappa shape index (κ3) is 5.11. The van der Waals surface area contributed by atoms with Gasteiger partial charge < -0.3 is 20.5 Å². The molecular formula is C15H22N2O5S. The van der Waals surface area contributed by atoms with E-state index in [0.29, 0.717) is 24.3 Å². The summed E-state index contributed by atoms with van der Waals surface area (Å²) in [5.74, 6) is 0.827. The fourth-order valence-electron chi connectivity index (χ4n) is 2.57. The molecule has 0 spiro atoms. The van der Waals surface area contributed by atoms with Crippen LogP contribution in [0.15, 0.2) is 24.3 Å². The van der Waals surface area contributed by atoms with Gasteiger partial charge >= 0.3 is 6.03 Å². The van der Waals surface area contributed by atoms with E-state index < -0.39 is 22.0 Å². The second-order valence-electron chi connectivity index (χ2n) is 5.62. The number of nitrogens with one attached hydrogen (secondary N) is 2. The van der Waals surface area contributed by atoms with Crippen molar-refractivity contribution in [1.29, 1.82) is 0 Å². The van der Waals surface area contributed by atoms with Gasteiger partial charge in [-0.1, -0.05) is 18.2 Å². The summed E-state index contributed by atoms with van der Waals surface area (Å²) in [6.45, 7) is 0.352. The number of benzene rings is 1. The molecule has 1 aromatic carbocycles. The van der Waals surface area contributed by atoms with Crippen LogP contribution in [0.25, 0.3) is 0 Å². The summed E-state index contributed by atoms with van der Waals surface area (Å²) in [7, 11) is -1.42. The van der Waals surface area contributed by atoms with Gasteiger partial charge in [0.25, 0.3) is 0 Å². The van der Waals surface area contributed by atoms with Crippen molar-refractivity contribution in [3.8, 4) is 5.75 Å². The Balaban J connectivity index is 1.76. The van der Waals surface area contributed by atoms with Gasteiger partial charge in [0.2, 0.25) is 0 Å². The van der Waals surface area contributed by atoms with Crippen molar-refractivity contribution in [2.75, 3.05) is 31.7 Å². The number of carbonyl (C=O) groups is 1. The standard InChI is InChI=1S/C15H22N2O5S/c1-22-14-5-3-2-4-12(14)13(18)9-17-15(19)16-8-11-6-7-23(20,21)10-11/h2-5,11,13,18H,6-10H2,1H3,(H2,16,17,19). The van der Waals surface area contributed by atoms with E-state index >= 15 is 0 Å². The maximum absolute atomic E-state index is 11.7. The summed E-state index contributed by atoms with van der Waals surface area (Å²) in [5.41, 5.74) is 0.595. The Morgan fingerprint density at radius 1 is 1.39 bits per heavy atom. The lowest BCUT2D eigenvalue weighted by molar-refractivity contribution is 0.169. The number of amides is 2. The number of aliphatic hydroxyl groups is 1. The van der Waals surface area contributed by atoms with Gasteiger partial charge in [-0.2, -0.15) is 0 Å². The van der Waals surface area contributed by atoms with Gasteiger partial charge in [-0.25, -0.2) is 13.2 Å². The number of sulfone groups is 1. The predicted octanol–water partition coefficient (Wildman–Crippen LogP) is 0.463. The van der Waals surface area contributed by atoms with Crippen molar-refractivity contribution >= 4 is 15.9 Å². The molecule has 7 nitrogen and oxygen atoms in total. The topological polar surface area (TPSA) is 105 Å². The molecule has 0 radical (unpaired) electrons. The van der Waals surface area contributed by atoms with Gasteiger partial charge in [-0.15, -0.1) is 0 Å². The lowest BCUT2D eigenvalue weighted by atomic mass is 10.1. The van der Waals surface area contributed by atoms with Crippen molar-refractivity contribution < 1.29 is 23.1 Å². The number of rotatable bonds is 6. The maximum atomic E-state index is 11.7. The van der Waals surface area contributed by atoms with Crippen molar-refractivity contribution in [2.45, 2.75) is 12.5 Å². The van der Waals surface area contributed by atoms with Gasteiger partial charge in [0.1, 0.15) is 5.75 Å². The van der Waals surface area contributed by atoms with Crippen molar-refractivity contribution in [2.24, 2.45) is 5.92 Å². The number of carbonyl (C=O) groups excluding carboxylic acids is 1. The van der Waals surface area contributed by atoms with E-state index in [2.05, 4.69) is 10.6 Å². The summed E-state index contributed by atoms with van der Waals surface area (Å²) in [6, 6.07) is 6.61. The SMILES string of the molecule is COc1ccccc1C(O)CNC(=O)NCC1CCS(=O)(=O)C1. The number of para-hydroxylation sites is 1. The minimum atomic E-state index is -2.94. The van der Waals surface area contributed by atoms with E-state index in [-0.39, 0.29) is 24.0 Å². The summed E-state index contributed by atoms with van der Waals surface area (Å²) in [6.07, 6.45) is -0.310. The highest BCUT2D eigenvalue weighted by Crippen LogP contribution is 2.24. The van der Waals surface area contributed by atoms with Gasteiger partial charge in [-0.05, 0) is 18.4 Å². The van der Waals surface area contributed by atoms with Crippen LogP contribution < -0.4 is 15.4 Å². The van der Waals surface area contributed by atoms with E-state index in [1.165, 1.54) is 7.11 Å². The van der Waals surface area contributed by atoms with Gasteiger partial charge in [0.15, 0.2) is 9.84 Å². The van der Waals surface area contributed by atoms with E-state index in [9.17, 15) is 18.3 Å². The Labute approximate surface area is 136 Å². The van der Waals surface area contributed by atoms with Crippen LogP contribution in [-0.2, 0) is 9.84 Å². The largest absolute Gasteiger partial charge is 0.496 e. The predicted molar refractivity (Wildman–Crippen MR) is 86.1 cm³/mol. The number of hydrogen-bond donors (Lipinski definition) is 3. The first-order valence-corrected chi connectivity index (χ1v) is 9.26. The minimum absolute atomic E-state index is 0.0369. The van der Waals surface area contributed by atoms with Crippen LogP contribution in [0.4, 0.5) is 4.79 Å². The zero-order chi connectivity index (χ0) is 16.9. The van der Waals surface area contributed by atoms with Gasteiger partial charge in [0, 0.05) is 18.7 Å². The molecule has 0 bridgehead atoms.